The zero-order valence-corrected chi connectivity index (χ0v) is 10.1. The van der Waals surface area contributed by atoms with E-state index in [2.05, 4.69) is 0 Å². The van der Waals surface area contributed by atoms with Crippen molar-refractivity contribution in [3.05, 3.63) is 0 Å². The van der Waals surface area contributed by atoms with Crippen LogP contribution >= 0.6 is 0 Å². The topological polar surface area (TPSA) is 121 Å². The number of rotatable bonds is 4. The van der Waals surface area contributed by atoms with Gasteiger partial charge in [-0.1, -0.05) is 13.8 Å². The van der Waals surface area contributed by atoms with Gasteiger partial charge < -0.3 is 20.1 Å². The smallest absolute Gasteiger partial charge is 0.310 e. The molecule has 1 saturated heterocycles. The molecule has 0 aromatic rings. The first-order chi connectivity index (χ1) is 8.27. The van der Waals surface area contributed by atoms with E-state index >= 15 is 0 Å². The van der Waals surface area contributed by atoms with Gasteiger partial charge in [0, 0.05) is 0 Å². The number of aliphatic carboxylic acids is 3. The van der Waals surface area contributed by atoms with Crippen molar-refractivity contribution in [1.29, 1.82) is 0 Å². The maximum absolute atomic E-state index is 11.2. The fourth-order valence-corrected chi connectivity index (χ4v) is 2.33. The molecular formula is C11H16O7. The van der Waals surface area contributed by atoms with Crippen LogP contribution in [0.4, 0.5) is 0 Å². The first-order valence-corrected chi connectivity index (χ1v) is 5.57. The lowest BCUT2D eigenvalue weighted by Crippen LogP contribution is -2.53. The van der Waals surface area contributed by atoms with E-state index in [-0.39, 0.29) is 12.5 Å². The second kappa shape index (κ2) is 5.34. The van der Waals surface area contributed by atoms with E-state index in [9.17, 15) is 14.4 Å². The van der Waals surface area contributed by atoms with Crippen molar-refractivity contribution >= 4 is 17.9 Å². The van der Waals surface area contributed by atoms with E-state index < -0.39 is 41.8 Å². The van der Waals surface area contributed by atoms with Crippen LogP contribution in [0.5, 0.6) is 0 Å². The Morgan fingerprint density at radius 2 is 1.50 bits per heavy atom. The molecule has 7 nitrogen and oxygen atoms in total. The average molecular weight is 260 g/mol. The van der Waals surface area contributed by atoms with Crippen LogP contribution in [-0.4, -0.2) is 45.9 Å². The molecule has 4 unspecified atom stereocenters. The lowest BCUT2D eigenvalue weighted by atomic mass is 9.74. The fourth-order valence-electron chi connectivity index (χ4n) is 2.33. The van der Waals surface area contributed by atoms with Gasteiger partial charge in [-0.2, -0.15) is 0 Å². The van der Waals surface area contributed by atoms with Gasteiger partial charge in [0.05, 0.1) is 30.5 Å². The zero-order valence-electron chi connectivity index (χ0n) is 10.1. The van der Waals surface area contributed by atoms with Crippen LogP contribution in [0.2, 0.25) is 0 Å². The van der Waals surface area contributed by atoms with E-state index in [1.54, 1.807) is 13.8 Å². The van der Waals surface area contributed by atoms with E-state index in [1.807, 2.05) is 0 Å². The van der Waals surface area contributed by atoms with Gasteiger partial charge in [-0.3, -0.25) is 14.4 Å². The third kappa shape index (κ3) is 2.61. The number of ether oxygens (including phenoxy) is 1. The summed E-state index contributed by atoms with van der Waals surface area (Å²) in [5.41, 5.74) is 0. The van der Waals surface area contributed by atoms with Crippen molar-refractivity contribution in [3.8, 4) is 0 Å². The van der Waals surface area contributed by atoms with Gasteiger partial charge >= 0.3 is 17.9 Å². The Kier molecular flexibility index (Phi) is 4.28. The summed E-state index contributed by atoms with van der Waals surface area (Å²) in [6.07, 6.45) is -0.792. The first-order valence-electron chi connectivity index (χ1n) is 5.57. The lowest BCUT2D eigenvalue weighted by Gasteiger charge is -2.38. The third-order valence-electron chi connectivity index (χ3n) is 3.19. The van der Waals surface area contributed by atoms with Gasteiger partial charge in [-0.15, -0.1) is 0 Å². The summed E-state index contributed by atoms with van der Waals surface area (Å²) in [6.45, 7) is 3.14. The molecule has 0 aromatic heterocycles. The van der Waals surface area contributed by atoms with Crippen LogP contribution in [0.3, 0.4) is 0 Å². The summed E-state index contributed by atoms with van der Waals surface area (Å²) >= 11 is 0. The fraction of sp³-hybridized carbons (Fsp3) is 0.727. The summed E-state index contributed by atoms with van der Waals surface area (Å²) in [7, 11) is 0. The van der Waals surface area contributed by atoms with Crippen LogP contribution in [-0.2, 0) is 19.1 Å². The summed E-state index contributed by atoms with van der Waals surface area (Å²) in [5, 5.41) is 27.2. The standard InChI is InChI=1S/C11H16O7/c1-4(2)8-7(11(16)17)6(10(14)15)5(3-18-8)9(12)13/h4-8H,3H2,1-2H3,(H,12,13)(H,14,15)(H,16,17). The highest BCUT2D eigenvalue weighted by molar-refractivity contribution is 5.86. The molecule has 102 valence electrons. The highest BCUT2D eigenvalue weighted by Crippen LogP contribution is 2.35. The molecular weight excluding hydrogens is 244 g/mol. The Morgan fingerprint density at radius 1 is 1.00 bits per heavy atom. The van der Waals surface area contributed by atoms with Crippen molar-refractivity contribution in [2.45, 2.75) is 20.0 Å². The Hall–Kier alpha value is -1.63. The SMILES string of the molecule is CC(C)C1OCC(C(=O)O)C(C(=O)O)C1C(=O)O. The molecule has 1 aliphatic heterocycles. The van der Waals surface area contributed by atoms with Gasteiger partial charge in [0.1, 0.15) is 0 Å². The molecule has 0 aliphatic carbocycles. The number of carboxylic acid groups (broad SMARTS) is 3. The molecule has 0 spiro atoms. The van der Waals surface area contributed by atoms with Crippen LogP contribution in [0.15, 0.2) is 0 Å². The molecule has 7 heteroatoms. The van der Waals surface area contributed by atoms with Crippen LogP contribution in [0, 0.1) is 23.7 Å². The molecule has 4 atom stereocenters. The monoisotopic (exact) mass is 260 g/mol. The number of carboxylic acids is 3. The Bertz CT molecular complexity index is 362. The minimum Gasteiger partial charge on any atom is -0.481 e. The van der Waals surface area contributed by atoms with E-state index in [0.717, 1.165) is 0 Å². The molecule has 0 radical (unpaired) electrons. The minimum absolute atomic E-state index is 0.206. The Labute approximate surface area is 103 Å². The number of hydrogen-bond donors (Lipinski definition) is 3. The highest BCUT2D eigenvalue weighted by atomic mass is 16.5. The molecule has 18 heavy (non-hydrogen) atoms. The maximum atomic E-state index is 11.2. The van der Waals surface area contributed by atoms with Crippen molar-refractivity contribution in [2.75, 3.05) is 6.61 Å². The van der Waals surface area contributed by atoms with Crippen molar-refractivity contribution in [1.82, 2.24) is 0 Å². The first kappa shape index (κ1) is 14.4. The van der Waals surface area contributed by atoms with Crippen LogP contribution in [0.25, 0.3) is 0 Å². The quantitative estimate of drug-likeness (QED) is 0.657. The van der Waals surface area contributed by atoms with Gasteiger partial charge in [0.25, 0.3) is 0 Å². The predicted octanol–water partition coefficient (Wildman–Crippen LogP) is 0.144. The largest absolute Gasteiger partial charge is 0.481 e. The lowest BCUT2D eigenvalue weighted by molar-refractivity contribution is -0.186. The highest BCUT2D eigenvalue weighted by Gasteiger charge is 2.51. The molecule has 1 fully saturated rings. The molecule has 0 bridgehead atoms. The number of carbonyl (C=O) groups is 3. The van der Waals surface area contributed by atoms with Gasteiger partial charge in [0.15, 0.2) is 0 Å². The van der Waals surface area contributed by atoms with E-state index in [4.69, 9.17) is 20.1 Å². The molecule has 0 saturated carbocycles. The second-order valence-corrected chi connectivity index (χ2v) is 4.71. The summed E-state index contributed by atoms with van der Waals surface area (Å²) < 4.78 is 5.24. The van der Waals surface area contributed by atoms with Crippen molar-refractivity contribution in [3.63, 3.8) is 0 Å². The van der Waals surface area contributed by atoms with Crippen LogP contribution < -0.4 is 0 Å². The molecule has 1 aliphatic rings. The molecule has 1 heterocycles. The second-order valence-electron chi connectivity index (χ2n) is 4.71. The molecule has 0 aromatic carbocycles. The van der Waals surface area contributed by atoms with E-state index in [1.165, 1.54) is 0 Å². The maximum Gasteiger partial charge on any atom is 0.310 e. The number of hydrogen-bond acceptors (Lipinski definition) is 4. The molecule has 0 amide bonds. The summed E-state index contributed by atoms with van der Waals surface area (Å²) in [6, 6.07) is 0. The normalized spacial score (nSPS) is 32.2. The summed E-state index contributed by atoms with van der Waals surface area (Å²) in [5.74, 6) is -8.47. The Balaban J connectivity index is 3.14. The van der Waals surface area contributed by atoms with Crippen molar-refractivity contribution < 1.29 is 34.4 Å². The third-order valence-corrected chi connectivity index (χ3v) is 3.19. The van der Waals surface area contributed by atoms with E-state index in [0.29, 0.717) is 0 Å². The predicted molar refractivity (Wildman–Crippen MR) is 58.0 cm³/mol. The average Bonchev–Trinajstić information content (AvgIpc) is 2.26. The summed E-state index contributed by atoms with van der Waals surface area (Å²) in [4.78, 5) is 33.4. The van der Waals surface area contributed by atoms with Gasteiger partial charge in [-0.25, -0.2) is 0 Å². The van der Waals surface area contributed by atoms with Crippen molar-refractivity contribution in [2.24, 2.45) is 23.7 Å². The zero-order chi connectivity index (χ0) is 14.0. The van der Waals surface area contributed by atoms with Gasteiger partial charge in [0.2, 0.25) is 0 Å². The molecule has 1 rings (SSSR count). The molecule has 3 N–H and O–H groups in total. The van der Waals surface area contributed by atoms with Gasteiger partial charge in [-0.05, 0) is 5.92 Å². The minimum atomic E-state index is -1.47. The van der Waals surface area contributed by atoms with Crippen LogP contribution in [0.1, 0.15) is 13.8 Å². The Morgan fingerprint density at radius 3 is 1.83 bits per heavy atom.